The Morgan fingerprint density at radius 2 is 1.90 bits per heavy atom. The van der Waals surface area contributed by atoms with Gasteiger partial charge in [0.05, 0.1) is 30.9 Å². The van der Waals surface area contributed by atoms with Crippen molar-refractivity contribution in [1.29, 1.82) is 5.26 Å². The maximum atomic E-state index is 12.0. The van der Waals surface area contributed by atoms with E-state index in [0.717, 1.165) is 17.3 Å². The molecular formula is C28H22ClN3O6S. The first kappa shape index (κ1) is 27.6. The molecule has 0 amide bonds. The summed E-state index contributed by atoms with van der Waals surface area (Å²) in [6.45, 7) is 2.38. The summed E-state index contributed by atoms with van der Waals surface area (Å²) in [6, 6.07) is 19.3. The molecule has 0 aliphatic carbocycles. The summed E-state index contributed by atoms with van der Waals surface area (Å²) in [5, 5.41) is 27.6. The van der Waals surface area contributed by atoms with Crippen LogP contribution in [-0.4, -0.2) is 35.0 Å². The van der Waals surface area contributed by atoms with Crippen molar-refractivity contribution in [2.45, 2.75) is 18.8 Å². The van der Waals surface area contributed by atoms with Crippen LogP contribution < -0.4 is 14.2 Å². The number of methoxy groups -OCH3 is 1. The number of thioether (sulfide) groups is 1. The molecule has 1 heterocycles. The van der Waals surface area contributed by atoms with E-state index in [1.54, 1.807) is 48.5 Å². The van der Waals surface area contributed by atoms with Gasteiger partial charge in [0.2, 0.25) is 0 Å². The number of rotatable bonds is 11. The molecule has 1 aromatic heterocycles. The van der Waals surface area contributed by atoms with E-state index >= 15 is 0 Å². The number of benzene rings is 3. The lowest BCUT2D eigenvalue weighted by molar-refractivity contribution is -0.131. The highest BCUT2D eigenvalue weighted by atomic mass is 35.5. The van der Waals surface area contributed by atoms with Crippen LogP contribution in [0.1, 0.15) is 23.6 Å². The van der Waals surface area contributed by atoms with Crippen molar-refractivity contribution in [3.05, 3.63) is 87.3 Å². The Hall–Kier alpha value is -4.46. The van der Waals surface area contributed by atoms with Gasteiger partial charge in [0.1, 0.15) is 17.3 Å². The van der Waals surface area contributed by atoms with Crippen LogP contribution in [0, 0.1) is 11.3 Å². The van der Waals surface area contributed by atoms with Gasteiger partial charge in [0.15, 0.2) is 11.5 Å². The lowest BCUT2D eigenvalue weighted by atomic mass is 10.1. The average Bonchev–Trinajstić information content (AvgIpc) is 3.41. The van der Waals surface area contributed by atoms with Crippen molar-refractivity contribution >= 4 is 35.4 Å². The monoisotopic (exact) mass is 563 g/mol. The first-order valence-electron chi connectivity index (χ1n) is 11.6. The molecule has 4 rings (SSSR count). The zero-order valence-corrected chi connectivity index (χ0v) is 22.5. The quantitative estimate of drug-likeness (QED) is 0.160. The Bertz CT molecular complexity index is 1560. The summed E-state index contributed by atoms with van der Waals surface area (Å²) < 4.78 is 22.7. The number of hydrogen-bond donors (Lipinski definition) is 1. The van der Waals surface area contributed by atoms with Crippen molar-refractivity contribution < 1.29 is 28.5 Å². The Morgan fingerprint density at radius 1 is 1.10 bits per heavy atom. The highest BCUT2D eigenvalue weighted by Gasteiger charge is 2.19. The van der Waals surface area contributed by atoms with Gasteiger partial charge in [-0.1, -0.05) is 35.9 Å². The standard InChI is InChI=1S/C28H22ClN3O6S/c1-3-36-24-12-17(8-10-23(24)37-16-19-7-5-4-6-18(19)15-30)13-25(27(33)34)39-28-32-31-26(38-28)21-14-20(29)9-11-22(21)35-2/h4-14H,3,16H2,1-2H3,(H,33,34)/b25-13-. The Balaban J connectivity index is 1.56. The second-order valence-electron chi connectivity index (χ2n) is 7.83. The third-order valence-electron chi connectivity index (χ3n) is 5.29. The summed E-state index contributed by atoms with van der Waals surface area (Å²) in [4.78, 5) is 12.0. The van der Waals surface area contributed by atoms with Crippen LogP contribution in [0.25, 0.3) is 17.5 Å². The van der Waals surface area contributed by atoms with Crippen molar-refractivity contribution in [1.82, 2.24) is 10.2 Å². The van der Waals surface area contributed by atoms with Gasteiger partial charge in [-0.3, -0.25) is 0 Å². The van der Waals surface area contributed by atoms with Gasteiger partial charge in [-0.05, 0) is 66.7 Å². The lowest BCUT2D eigenvalue weighted by Crippen LogP contribution is -2.02. The predicted octanol–water partition coefficient (Wildman–Crippen LogP) is 6.47. The van der Waals surface area contributed by atoms with Crippen molar-refractivity contribution in [2.75, 3.05) is 13.7 Å². The second kappa shape index (κ2) is 12.9. The van der Waals surface area contributed by atoms with E-state index < -0.39 is 5.97 Å². The highest BCUT2D eigenvalue weighted by molar-refractivity contribution is 8.03. The fraction of sp³-hybridized carbons (Fsp3) is 0.143. The number of carboxylic acids is 1. The molecule has 1 N–H and O–H groups in total. The van der Waals surface area contributed by atoms with E-state index in [0.29, 0.717) is 45.6 Å². The van der Waals surface area contributed by atoms with Gasteiger partial charge in [-0.2, -0.15) is 5.26 Å². The SMILES string of the molecule is CCOc1cc(/C=C(\Sc2nnc(-c3cc(Cl)ccc3OC)o2)C(=O)O)ccc1OCc1ccccc1C#N. The van der Waals surface area contributed by atoms with Gasteiger partial charge in [-0.25, -0.2) is 4.79 Å². The third-order valence-corrected chi connectivity index (χ3v) is 6.38. The molecule has 0 unspecified atom stereocenters. The number of carboxylic acid groups (broad SMARTS) is 1. The maximum Gasteiger partial charge on any atom is 0.342 e. The molecule has 0 bridgehead atoms. The Kier molecular flexibility index (Phi) is 9.10. The molecule has 0 saturated carbocycles. The van der Waals surface area contributed by atoms with Crippen LogP contribution in [0.3, 0.4) is 0 Å². The van der Waals surface area contributed by atoms with E-state index in [9.17, 15) is 15.2 Å². The number of aliphatic carboxylic acids is 1. The molecule has 4 aromatic rings. The van der Waals surface area contributed by atoms with Gasteiger partial charge in [0, 0.05) is 10.6 Å². The van der Waals surface area contributed by atoms with Crippen molar-refractivity contribution in [3.8, 4) is 34.8 Å². The molecule has 9 nitrogen and oxygen atoms in total. The second-order valence-corrected chi connectivity index (χ2v) is 9.26. The molecule has 0 spiro atoms. The normalized spacial score (nSPS) is 11.1. The highest BCUT2D eigenvalue weighted by Crippen LogP contribution is 2.36. The minimum absolute atomic E-state index is 0.0295. The molecule has 0 saturated heterocycles. The van der Waals surface area contributed by atoms with Crippen LogP contribution in [0.2, 0.25) is 5.02 Å². The van der Waals surface area contributed by atoms with E-state index in [4.69, 9.17) is 30.2 Å². The summed E-state index contributed by atoms with van der Waals surface area (Å²) in [6.07, 6.45) is 1.47. The molecule has 39 heavy (non-hydrogen) atoms. The molecule has 0 aliphatic rings. The minimum atomic E-state index is -1.17. The summed E-state index contributed by atoms with van der Waals surface area (Å²) in [5.74, 6) is 0.341. The van der Waals surface area contributed by atoms with Crippen LogP contribution in [-0.2, 0) is 11.4 Å². The zero-order chi connectivity index (χ0) is 27.8. The average molecular weight is 564 g/mol. The molecular weight excluding hydrogens is 542 g/mol. The summed E-state index contributed by atoms with van der Waals surface area (Å²) in [7, 11) is 1.50. The first-order chi connectivity index (χ1) is 18.9. The lowest BCUT2D eigenvalue weighted by Gasteiger charge is -2.13. The molecule has 11 heteroatoms. The molecule has 0 fully saturated rings. The van der Waals surface area contributed by atoms with Crippen LogP contribution in [0.4, 0.5) is 0 Å². The summed E-state index contributed by atoms with van der Waals surface area (Å²) in [5.41, 5.74) is 2.31. The third kappa shape index (κ3) is 6.90. The largest absolute Gasteiger partial charge is 0.496 e. The van der Waals surface area contributed by atoms with E-state index in [1.165, 1.54) is 13.2 Å². The fourth-order valence-electron chi connectivity index (χ4n) is 3.50. The van der Waals surface area contributed by atoms with Crippen LogP contribution in [0.5, 0.6) is 17.2 Å². The molecule has 198 valence electrons. The number of ether oxygens (including phenoxy) is 3. The number of halogens is 1. The first-order valence-corrected chi connectivity index (χ1v) is 12.8. The van der Waals surface area contributed by atoms with Gasteiger partial charge in [-0.15, -0.1) is 10.2 Å². The molecule has 0 atom stereocenters. The number of nitrogens with zero attached hydrogens (tertiary/aromatic N) is 3. The van der Waals surface area contributed by atoms with Crippen LogP contribution in [0.15, 0.2) is 75.2 Å². The van der Waals surface area contributed by atoms with Crippen molar-refractivity contribution in [3.63, 3.8) is 0 Å². The predicted molar refractivity (Wildman–Crippen MR) is 146 cm³/mol. The van der Waals surface area contributed by atoms with Gasteiger partial charge in [0.25, 0.3) is 11.1 Å². The van der Waals surface area contributed by atoms with E-state index in [-0.39, 0.29) is 22.6 Å². The molecule has 0 aliphatic heterocycles. The zero-order valence-electron chi connectivity index (χ0n) is 20.9. The van der Waals surface area contributed by atoms with Crippen LogP contribution >= 0.6 is 23.4 Å². The fourth-order valence-corrected chi connectivity index (χ4v) is 4.35. The number of carbonyl (C=O) groups is 1. The number of nitriles is 1. The van der Waals surface area contributed by atoms with Gasteiger partial charge >= 0.3 is 5.97 Å². The maximum absolute atomic E-state index is 12.0. The minimum Gasteiger partial charge on any atom is -0.496 e. The van der Waals surface area contributed by atoms with Gasteiger partial charge < -0.3 is 23.7 Å². The van der Waals surface area contributed by atoms with Crippen molar-refractivity contribution in [2.24, 2.45) is 0 Å². The number of aromatic nitrogens is 2. The Morgan fingerprint density at radius 3 is 2.64 bits per heavy atom. The topological polar surface area (TPSA) is 128 Å². The number of hydrogen-bond acceptors (Lipinski definition) is 9. The molecule has 0 radical (unpaired) electrons. The smallest absolute Gasteiger partial charge is 0.342 e. The molecule has 3 aromatic carbocycles. The Labute approximate surface area is 233 Å². The summed E-state index contributed by atoms with van der Waals surface area (Å²) >= 11 is 6.89. The van der Waals surface area contributed by atoms with E-state index in [2.05, 4.69) is 16.3 Å². The van der Waals surface area contributed by atoms with E-state index in [1.807, 2.05) is 19.1 Å².